The second-order valence-electron chi connectivity index (χ2n) is 11.7. The van der Waals surface area contributed by atoms with E-state index in [1.54, 1.807) is 12.7 Å². The third kappa shape index (κ3) is 3.29. The van der Waals surface area contributed by atoms with E-state index >= 15 is 0 Å². The van der Waals surface area contributed by atoms with Crippen molar-refractivity contribution in [1.29, 1.82) is 0 Å². The summed E-state index contributed by atoms with van der Waals surface area (Å²) in [5.41, 5.74) is 8.66. The molecule has 37 heavy (non-hydrogen) atoms. The Morgan fingerprint density at radius 2 is 1.73 bits per heavy atom. The summed E-state index contributed by atoms with van der Waals surface area (Å²) in [6.45, 7) is 4.58. The van der Waals surface area contributed by atoms with Crippen LogP contribution in [0.4, 0.5) is 0 Å². The van der Waals surface area contributed by atoms with Crippen LogP contribution in [0, 0.1) is 24.2 Å². The van der Waals surface area contributed by atoms with Crippen LogP contribution < -0.4 is 4.74 Å². The molecule has 0 amide bonds. The van der Waals surface area contributed by atoms with Crippen molar-refractivity contribution >= 4 is 16.8 Å². The minimum absolute atomic E-state index is 0.0962. The maximum absolute atomic E-state index is 12.9. The third-order valence-corrected chi connectivity index (χ3v) is 10.0. The van der Waals surface area contributed by atoms with E-state index in [0.29, 0.717) is 23.5 Å². The van der Waals surface area contributed by atoms with Gasteiger partial charge in [-0.05, 0) is 97.2 Å². The van der Waals surface area contributed by atoms with Crippen LogP contribution in [0.5, 0.6) is 5.75 Å². The van der Waals surface area contributed by atoms with E-state index in [1.807, 2.05) is 18.2 Å². The van der Waals surface area contributed by atoms with Gasteiger partial charge in [-0.2, -0.15) is 0 Å². The van der Waals surface area contributed by atoms with Crippen molar-refractivity contribution in [2.45, 2.75) is 58.3 Å². The largest absolute Gasteiger partial charge is 0.497 e. The Labute approximate surface area is 218 Å². The van der Waals surface area contributed by atoms with E-state index in [-0.39, 0.29) is 5.41 Å². The normalized spacial score (nSPS) is 26.6. The van der Waals surface area contributed by atoms with E-state index in [9.17, 15) is 4.79 Å². The number of carbonyl (C=O) groups excluding carboxylic acids is 1. The van der Waals surface area contributed by atoms with Gasteiger partial charge in [-0.1, -0.05) is 49.4 Å². The van der Waals surface area contributed by atoms with Gasteiger partial charge in [-0.15, -0.1) is 0 Å². The van der Waals surface area contributed by atoms with Gasteiger partial charge in [0, 0.05) is 28.3 Å². The van der Waals surface area contributed by atoms with Gasteiger partial charge >= 0.3 is 0 Å². The Balaban J connectivity index is 1.44. The standard InChI is InChI=1S/C34H34O3/c1-20-30-23(11-14-25-26(30)17-18-34(2)27(25)15-16-29(34)35)19-28-31(20)32(21-9-12-24(36-3)13-10-21)33(37-28)22-7-5-4-6-8-22/h4-10,12-13,19,25-27H,11,14-18H2,1-3H3. The summed E-state index contributed by atoms with van der Waals surface area (Å²) in [5, 5.41) is 1.24. The highest BCUT2D eigenvalue weighted by atomic mass is 16.5. The Morgan fingerprint density at radius 1 is 0.946 bits per heavy atom. The molecule has 4 aromatic rings. The zero-order valence-electron chi connectivity index (χ0n) is 22.0. The summed E-state index contributed by atoms with van der Waals surface area (Å²) < 4.78 is 12.2. The lowest BCUT2D eigenvalue weighted by Crippen LogP contribution is -2.42. The fourth-order valence-corrected chi connectivity index (χ4v) is 8.22. The number of hydrogen-bond donors (Lipinski definition) is 0. The van der Waals surface area contributed by atoms with E-state index in [0.717, 1.165) is 60.3 Å². The highest BCUT2D eigenvalue weighted by Gasteiger charge is 2.54. The quantitative estimate of drug-likeness (QED) is 0.289. The van der Waals surface area contributed by atoms with Crippen molar-refractivity contribution in [3.63, 3.8) is 0 Å². The summed E-state index contributed by atoms with van der Waals surface area (Å²) in [7, 11) is 1.71. The zero-order valence-corrected chi connectivity index (χ0v) is 22.0. The van der Waals surface area contributed by atoms with Crippen molar-refractivity contribution in [2.24, 2.45) is 17.3 Å². The van der Waals surface area contributed by atoms with Gasteiger partial charge in [-0.3, -0.25) is 4.79 Å². The number of hydrogen-bond acceptors (Lipinski definition) is 3. The molecule has 3 aromatic carbocycles. The van der Waals surface area contributed by atoms with Crippen molar-refractivity contribution < 1.29 is 13.9 Å². The van der Waals surface area contributed by atoms with Crippen molar-refractivity contribution in [2.75, 3.05) is 7.11 Å². The van der Waals surface area contributed by atoms with Crippen molar-refractivity contribution in [3.05, 3.63) is 77.4 Å². The molecule has 0 bridgehead atoms. The van der Waals surface area contributed by atoms with E-state index in [1.165, 1.54) is 28.5 Å². The molecule has 0 aliphatic heterocycles. The maximum atomic E-state index is 12.9. The highest BCUT2D eigenvalue weighted by Crippen LogP contribution is 2.60. The molecule has 0 spiro atoms. The first-order valence-corrected chi connectivity index (χ1v) is 13.8. The molecule has 4 unspecified atom stereocenters. The lowest BCUT2D eigenvalue weighted by atomic mass is 9.55. The summed E-state index contributed by atoms with van der Waals surface area (Å²) >= 11 is 0. The summed E-state index contributed by atoms with van der Waals surface area (Å²) in [6.07, 6.45) is 6.26. The van der Waals surface area contributed by atoms with Crippen LogP contribution in [-0.2, 0) is 11.2 Å². The van der Waals surface area contributed by atoms with Crippen LogP contribution in [0.2, 0.25) is 0 Å². The SMILES string of the molecule is COc1ccc(-c2c(-c3ccccc3)oc3cc4c(c(C)c23)C2CCC3(C)C(=O)CCC3C2CC4)cc1. The minimum atomic E-state index is -0.0962. The van der Waals surface area contributed by atoms with Crippen LogP contribution in [0.15, 0.2) is 65.1 Å². The van der Waals surface area contributed by atoms with Gasteiger partial charge in [-0.25, -0.2) is 0 Å². The van der Waals surface area contributed by atoms with Crippen LogP contribution >= 0.6 is 0 Å². The number of carbonyl (C=O) groups is 1. The first-order valence-electron chi connectivity index (χ1n) is 13.8. The molecule has 1 heterocycles. The molecule has 0 N–H and O–H groups in total. The molecule has 0 radical (unpaired) electrons. The molecular formula is C34H34O3. The monoisotopic (exact) mass is 490 g/mol. The Hall–Kier alpha value is -3.33. The van der Waals surface area contributed by atoms with Gasteiger partial charge < -0.3 is 9.15 Å². The molecule has 4 atom stereocenters. The van der Waals surface area contributed by atoms with Gasteiger partial charge in [0.15, 0.2) is 0 Å². The van der Waals surface area contributed by atoms with Crippen LogP contribution in [0.25, 0.3) is 33.4 Å². The molecule has 3 nitrogen and oxygen atoms in total. The van der Waals surface area contributed by atoms with Gasteiger partial charge in [0.25, 0.3) is 0 Å². The van der Waals surface area contributed by atoms with Crippen LogP contribution in [0.1, 0.15) is 61.6 Å². The molecule has 188 valence electrons. The van der Waals surface area contributed by atoms with E-state index < -0.39 is 0 Å². The number of Topliss-reactive ketones (excluding diaryl/α,β-unsaturated/α-hetero) is 1. The van der Waals surface area contributed by atoms with Gasteiger partial charge in [0.1, 0.15) is 22.9 Å². The maximum Gasteiger partial charge on any atom is 0.143 e. The van der Waals surface area contributed by atoms with Crippen molar-refractivity contribution in [1.82, 2.24) is 0 Å². The molecule has 0 saturated heterocycles. The van der Waals surface area contributed by atoms with E-state index in [4.69, 9.17) is 9.15 Å². The topological polar surface area (TPSA) is 39.4 Å². The molecule has 7 rings (SSSR count). The smallest absolute Gasteiger partial charge is 0.143 e. The number of fused-ring (bicyclic) bond motifs is 6. The molecule has 2 saturated carbocycles. The zero-order chi connectivity index (χ0) is 25.3. The highest BCUT2D eigenvalue weighted by molar-refractivity contribution is 6.04. The number of ether oxygens (including phenoxy) is 1. The molecule has 3 heteroatoms. The first kappa shape index (κ1) is 22.8. The van der Waals surface area contributed by atoms with Crippen LogP contribution in [0.3, 0.4) is 0 Å². The minimum Gasteiger partial charge on any atom is -0.497 e. The molecule has 1 aromatic heterocycles. The molecular weight excluding hydrogens is 456 g/mol. The first-order chi connectivity index (χ1) is 18.0. The molecule has 3 aliphatic carbocycles. The van der Waals surface area contributed by atoms with Crippen LogP contribution in [-0.4, -0.2) is 12.9 Å². The number of benzene rings is 3. The Morgan fingerprint density at radius 3 is 2.49 bits per heavy atom. The lowest BCUT2D eigenvalue weighted by Gasteiger charge is -2.48. The number of aryl methyl sites for hydroxylation is 2. The lowest BCUT2D eigenvalue weighted by molar-refractivity contribution is -0.129. The number of rotatable bonds is 3. The summed E-state index contributed by atoms with van der Waals surface area (Å²) in [6, 6.07) is 21.2. The molecule has 3 aliphatic rings. The third-order valence-electron chi connectivity index (χ3n) is 10.0. The Kier molecular flexibility index (Phi) is 5.15. The average Bonchev–Trinajstić information content (AvgIpc) is 3.46. The molecule has 2 fully saturated rings. The van der Waals surface area contributed by atoms with Crippen molar-refractivity contribution in [3.8, 4) is 28.2 Å². The summed E-state index contributed by atoms with van der Waals surface area (Å²) in [5.74, 6) is 3.98. The van der Waals surface area contributed by atoms with E-state index in [2.05, 4.69) is 56.3 Å². The fraction of sp³-hybridized carbons (Fsp3) is 0.382. The second-order valence-corrected chi connectivity index (χ2v) is 11.7. The fourth-order valence-electron chi connectivity index (χ4n) is 8.22. The average molecular weight is 491 g/mol. The number of furan rings is 1. The Bertz CT molecular complexity index is 1510. The van der Waals surface area contributed by atoms with Gasteiger partial charge in [0.2, 0.25) is 0 Å². The number of methoxy groups -OCH3 is 1. The second kappa shape index (κ2) is 8.34. The predicted octanol–water partition coefficient (Wildman–Crippen LogP) is 8.51. The summed E-state index contributed by atoms with van der Waals surface area (Å²) in [4.78, 5) is 12.9. The van der Waals surface area contributed by atoms with Gasteiger partial charge in [0.05, 0.1) is 7.11 Å². The number of ketones is 1. The predicted molar refractivity (Wildman–Crippen MR) is 148 cm³/mol.